The lowest BCUT2D eigenvalue weighted by Crippen LogP contribution is -2.17. The fraction of sp³-hybridized carbons (Fsp3) is 0.211. The van der Waals surface area contributed by atoms with E-state index in [9.17, 15) is 0 Å². The number of hydrogen-bond donors (Lipinski definition) is 1. The Kier molecular flexibility index (Phi) is 5.48. The van der Waals surface area contributed by atoms with E-state index in [-0.39, 0.29) is 11.4 Å². The van der Waals surface area contributed by atoms with Crippen molar-refractivity contribution < 1.29 is 4.74 Å². The van der Waals surface area contributed by atoms with E-state index in [0.29, 0.717) is 21.7 Å². The average Bonchev–Trinajstić information content (AvgIpc) is 3.22. The first-order valence-electron chi connectivity index (χ1n) is 8.10. The molecule has 2 heterocycles. The molecule has 0 aliphatic carbocycles. The summed E-state index contributed by atoms with van der Waals surface area (Å²) in [5.74, 6) is 0.928. The summed E-state index contributed by atoms with van der Waals surface area (Å²) < 4.78 is 6.30. The Morgan fingerprint density at radius 1 is 1.08 bits per heavy atom. The molecule has 0 saturated heterocycles. The molecule has 3 aromatic rings. The third kappa shape index (κ3) is 3.90. The van der Waals surface area contributed by atoms with Crippen molar-refractivity contribution in [2.75, 3.05) is 0 Å². The molecule has 2 aromatic carbocycles. The van der Waals surface area contributed by atoms with Gasteiger partial charge in [0.05, 0.1) is 12.7 Å². The highest BCUT2D eigenvalue weighted by molar-refractivity contribution is 8.00. The molecular weight excluding hydrogens is 411 g/mol. The van der Waals surface area contributed by atoms with Gasteiger partial charge in [0.25, 0.3) is 0 Å². The maximum Gasteiger partial charge on any atom is 0.107 e. The van der Waals surface area contributed by atoms with Gasteiger partial charge in [0.2, 0.25) is 0 Å². The van der Waals surface area contributed by atoms with Crippen LogP contribution < -0.4 is 0 Å². The molecule has 26 heavy (non-hydrogen) atoms. The monoisotopic (exact) mass is 424 g/mol. The molecule has 3 nitrogen and oxygen atoms in total. The molecule has 0 bridgehead atoms. The summed E-state index contributed by atoms with van der Waals surface area (Å²) in [5.41, 5.74) is 2.07. The third-order valence-corrected chi connectivity index (χ3v) is 6.34. The first kappa shape index (κ1) is 18.2. The number of fused-ring (bicyclic) bond motifs is 1. The van der Waals surface area contributed by atoms with Gasteiger partial charge in [-0.3, -0.25) is 0 Å². The zero-order valence-corrected chi connectivity index (χ0v) is 16.7. The van der Waals surface area contributed by atoms with Crippen molar-refractivity contribution >= 4 is 46.6 Å². The summed E-state index contributed by atoms with van der Waals surface area (Å²) in [6, 6.07) is 11.4. The maximum atomic E-state index is 6.50. The highest BCUT2D eigenvalue weighted by atomic mass is 35.5. The molecule has 0 fully saturated rings. The van der Waals surface area contributed by atoms with E-state index in [1.54, 1.807) is 24.0 Å². The van der Waals surface area contributed by atoms with E-state index >= 15 is 0 Å². The van der Waals surface area contributed by atoms with Crippen LogP contribution >= 0.6 is 46.6 Å². The van der Waals surface area contributed by atoms with Gasteiger partial charge < -0.3 is 9.72 Å². The van der Waals surface area contributed by atoms with Gasteiger partial charge in [0, 0.05) is 49.6 Å². The second-order valence-corrected chi connectivity index (χ2v) is 8.61. The van der Waals surface area contributed by atoms with Gasteiger partial charge in [0.15, 0.2) is 0 Å². The SMILES string of the molecule is Clc1ccc(CO[C@H]2c3c(Cl)cc(Cl)cc3S[C@H]2Cc2ncc[nH]2)cc1. The number of nitrogens with zero attached hydrogens (tertiary/aromatic N) is 1. The van der Waals surface area contributed by atoms with Crippen LogP contribution in [0, 0.1) is 0 Å². The Hall–Kier alpha value is -1.17. The number of ether oxygens (including phenoxy) is 1. The molecule has 4 rings (SSSR count). The molecule has 2 atom stereocenters. The van der Waals surface area contributed by atoms with Crippen molar-refractivity contribution in [2.24, 2.45) is 0 Å². The molecule has 0 saturated carbocycles. The van der Waals surface area contributed by atoms with Crippen LogP contribution in [0.4, 0.5) is 0 Å². The van der Waals surface area contributed by atoms with Gasteiger partial charge in [-0.05, 0) is 29.8 Å². The number of benzene rings is 2. The first-order valence-corrected chi connectivity index (χ1v) is 10.1. The normalized spacial score (nSPS) is 18.9. The predicted octanol–water partition coefficient (Wildman–Crippen LogP) is 6.34. The van der Waals surface area contributed by atoms with E-state index < -0.39 is 0 Å². The third-order valence-electron chi connectivity index (χ3n) is 4.25. The van der Waals surface area contributed by atoms with Gasteiger partial charge in [-0.25, -0.2) is 4.98 Å². The Morgan fingerprint density at radius 2 is 1.88 bits per heavy atom. The van der Waals surface area contributed by atoms with Crippen LogP contribution in [0.5, 0.6) is 0 Å². The van der Waals surface area contributed by atoms with E-state index in [2.05, 4.69) is 9.97 Å². The maximum absolute atomic E-state index is 6.50. The largest absolute Gasteiger partial charge is 0.368 e. The Bertz CT molecular complexity index is 900. The smallest absolute Gasteiger partial charge is 0.107 e. The number of aromatic nitrogens is 2. The minimum Gasteiger partial charge on any atom is -0.368 e. The molecule has 0 radical (unpaired) electrons. The number of thioether (sulfide) groups is 1. The Labute approximate surface area is 171 Å². The van der Waals surface area contributed by atoms with Crippen molar-refractivity contribution in [1.82, 2.24) is 9.97 Å². The minimum atomic E-state index is -0.138. The van der Waals surface area contributed by atoms with E-state index in [0.717, 1.165) is 28.3 Å². The van der Waals surface area contributed by atoms with Crippen LogP contribution in [-0.4, -0.2) is 15.2 Å². The van der Waals surface area contributed by atoms with Crippen LogP contribution in [0.1, 0.15) is 23.1 Å². The second kappa shape index (κ2) is 7.83. The van der Waals surface area contributed by atoms with Crippen LogP contribution in [-0.2, 0) is 17.8 Å². The van der Waals surface area contributed by atoms with Crippen molar-refractivity contribution in [3.63, 3.8) is 0 Å². The summed E-state index contributed by atoms with van der Waals surface area (Å²) in [4.78, 5) is 8.58. The lowest BCUT2D eigenvalue weighted by Gasteiger charge is -2.20. The highest BCUT2D eigenvalue weighted by Gasteiger charge is 2.37. The second-order valence-electron chi connectivity index (χ2n) is 6.05. The Balaban J connectivity index is 1.59. The topological polar surface area (TPSA) is 37.9 Å². The summed E-state index contributed by atoms with van der Waals surface area (Å²) in [7, 11) is 0. The highest BCUT2D eigenvalue weighted by Crippen LogP contribution is 2.51. The molecule has 7 heteroatoms. The molecule has 1 aliphatic heterocycles. The zero-order valence-electron chi connectivity index (χ0n) is 13.6. The number of H-pyrrole nitrogens is 1. The molecule has 1 aromatic heterocycles. The molecule has 134 valence electrons. The fourth-order valence-corrected chi connectivity index (χ4v) is 5.35. The molecule has 1 aliphatic rings. The molecule has 0 spiro atoms. The van der Waals surface area contributed by atoms with Crippen molar-refractivity contribution in [3.05, 3.63) is 80.8 Å². The Morgan fingerprint density at radius 3 is 2.62 bits per heavy atom. The lowest BCUT2D eigenvalue weighted by atomic mass is 10.0. The summed E-state index contributed by atoms with van der Waals surface area (Å²) in [6.45, 7) is 0.482. The average molecular weight is 426 g/mol. The van der Waals surface area contributed by atoms with Crippen LogP contribution in [0.3, 0.4) is 0 Å². The predicted molar refractivity (Wildman–Crippen MR) is 107 cm³/mol. The number of rotatable bonds is 5. The van der Waals surface area contributed by atoms with E-state index in [1.807, 2.05) is 36.5 Å². The lowest BCUT2D eigenvalue weighted by molar-refractivity contribution is 0.0392. The fourth-order valence-electron chi connectivity index (χ4n) is 3.05. The summed E-state index contributed by atoms with van der Waals surface area (Å²) >= 11 is 20.4. The van der Waals surface area contributed by atoms with E-state index in [4.69, 9.17) is 39.5 Å². The first-order chi connectivity index (χ1) is 12.6. The van der Waals surface area contributed by atoms with Gasteiger partial charge in [-0.15, -0.1) is 11.8 Å². The number of nitrogens with one attached hydrogen (secondary N) is 1. The van der Waals surface area contributed by atoms with Gasteiger partial charge in [-0.1, -0.05) is 46.9 Å². The molecule has 1 N–H and O–H groups in total. The van der Waals surface area contributed by atoms with E-state index in [1.165, 1.54) is 0 Å². The van der Waals surface area contributed by atoms with Gasteiger partial charge in [0.1, 0.15) is 5.82 Å². The summed E-state index contributed by atoms with van der Waals surface area (Å²) in [5, 5.41) is 2.16. The number of hydrogen-bond acceptors (Lipinski definition) is 3. The molecule has 0 unspecified atom stereocenters. The minimum absolute atomic E-state index is 0.138. The molecule has 0 amide bonds. The zero-order chi connectivity index (χ0) is 18.1. The van der Waals surface area contributed by atoms with Crippen LogP contribution in [0.25, 0.3) is 0 Å². The molecular formula is C19H15Cl3N2OS. The summed E-state index contributed by atoms with van der Waals surface area (Å²) in [6.07, 6.45) is 4.21. The van der Waals surface area contributed by atoms with Gasteiger partial charge >= 0.3 is 0 Å². The van der Waals surface area contributed by atoms with Gasteiger partial charge in [-0.2, -0.15) is 0 Å². The van der Waals surface area contributed by atoms with Crippen LogP contribution in [0.2, 0.25) is 15.1 Å². The number of aromatic amines is 1. The van der Waals surface area contributed by atoms with Crippen molar-refractivity contribution in [2.45, 2.75) is 29.3 Å². The van der Waals surface area contributed by atoms with Crippen molar-refractivity contribution in [3.8, 4) is 0 Å². The quantitative estimate of drug-likeness (QED) is 0.518. The standard InChI is InChI=1S/C19H15Cl3N2OS/c20-12-3-1-11(2-4-12)10-25-19-16(9-17-23-5-6-24-17)26-15-8-13(21)7-14(22)18(15)19/h1-8,16,19H,9-10H2,(H,23,24)/t16-,19+/m0/s1. The van der Waals surface area contributed by atoms with Crippen LogP contribution in [0.15, 0.2) is 53.7 Å². The number of imidazole rings is 1. The number of halogens is 3. The van der Waals surface area contributed by atoms with Crippen molar-refractivity contribution in [1.29, 1.82) is 0 Å².